The lowest BCUT2D eigenvalue weighted by atomic mass is 9.97. The third kappa shape index (κ3) is 3.93. The average Bonchev–Trinajstić information content (AvgIpc) is 3.03. The first kappa shape index (κ1) is 19.0. The minimum absolute atomic E-state index is 0.785. The lowest BCUT2D eigenvalue weighted by Crippen LogP contribution is -2.30. The van der Waals surface area contributed by atoms with Crippen molar-refractivity contribution < 1.29 is 0 Å². The number of hydrogen-bond acceptors (Lipinski definition) is 1. The molecule has 4 rings (SSSR count). The minimum Gasteiger partial charge on any atom is -0.344 e. The fourth-order valence-corrected chi connectivity index (χ4v) is 4.65. The molecule has 0 unspecified atom stereocenters. The standard InChI is InChI=1S/C26H32N2/c1-3-7-25-24(18-21-12-10-20(4-2)11-13-21)23-8-5-6-9-26(23)28(25)19-22-14-16-27-17-15-22/h4-6,8-13,22,27H,2-3,7,14-19H2,1H3. The van der Waals surface area contributed by atoms with Gasteiger partial charge in [-0.3, -0.25) is 0 Å². The second-order valence-corrected chi connectivity index (χ2v) is 8.12. The van der Waals surface area contributed by atoms with E-state index in [1.807, 2.05) is 6.08 Å². The van der Waals surface area contributed by atoms with Gasteiger partial charge in [-0.2, -0.15) is 0 Å². The van der Waals surface area contributed by atoms with Crippen LogP contribution in [-0.2, 0) is 19.4 Å². The van der Waals surface area contributed by atoms with Crippen LogP contribution in [0.4, 0.5) is 0 Å². The molecule has 2 aromatic carbocycles. The highest BCUT2D eigenvalue weighted by molar-refractivity contribution is 5.86. The lowest BCUT2D eigenvalue weighted by Gasteiger charge is -2.25. The van der Waals surface area contributed by atoms with Gasteiger partial charge in [-0.15, -0.1) is 0 Å². The molecule has 1 aromatic heterocycles. The van der Waals surface area contributed by atoms with Crippen LogP contribution >= 0.6 is 0 Å². The molecule has 2 heterocycles. The van der Waals surface area contributed by atoms with Gasteiger partial charge in [-0.1, -0.05) is 68.5 Å². The van der Waals surface area contributed by atoms with Crippen molar-refractivity contribution in [2.45, 2.75) is 45.6 Å². The molecule has 2 heteroatoms. The number of benzene rings is 2. The highest BCUT2D eigenvalue weighted by Gasteiger charge is 2.20. The maximum atomic E-state index is 3.87. The van der Waals surface area contributed by atoms with Gasteiger partial charge in [-0.05, 0) is 67.4 Å². The number of rotatable bonds is 7. The summed E-state index contributed by atoms with van der Waals surface area (Å²) >= 11 is 0. The van der Waals surface area contributed by atoms with Crippen molar-refractivity contribution in [3.8, 4) is 0 Å². The summed E-state index contributed by atoms with van der Waals surface area (Å²) in [6, 6.07) is 17.9. The number of nitrogens with zero attached hydrogens (tertiary/aromatic N) is 1. The maximum Gasteiger partial charge on any atom is 0.0485 e. The number of nitrogens with one attached hydrogen (secondary N) is 1. The SMILES string of the molecule is C=Cc1ccc(Cc2c(CCC)n(CC3CCNCC3)c3ccccc23)cc1. The van der Waals surface area contributed by atoms with E-state index in [2.05, 4.69) is 71.9 Å². The van der Waals surface area contributed by atoms with Gasteiger partial charge in [-0.25, -0.2) is 0 Å². The number of aromatic nitrogens is 1. The van der Waals surface area contributed by atoms with Crippen molar-refractivity contribution in [3.63, 3.8) is 0 Å². The molecule has 1 N–H and O–H groups in total. The Bertz CT molecular complexity index is 927. The van der Waals surface area contributed by atoms with E-state index in [0.29, 0.717) is 0 Å². The topological polar surface area (TPSA) is 17.0 Å². The second kappa shape index (κ2) is 8.79. The number of fused-ring (bicyclic) bond motifs is 1. The number of para-hydroxylation sites is 1. The summed E-state index contributed by atoms with van der Waals surface area (Å²) in [7, 11) is 0. The van der Waals surface area contributed by atoms with Crippen molar-refractivity contribution in [1.82, 2.24) is 9.88 Å². The predicted molar refractivity (Wildman–Crippen MR) is 121 cm³/mol. The van der Waals surface area contributed by atoms with E-state index in [0.717, 1.165) is 38.4 Å². The molecule has 28 heavy (non-hydrogen) atoms. The van der Waals surface area contributed by atoms with E-state index in [4.69, 9.17) is 0 Å². The molecule has 0 bridgehead atoms. The van der Waals surface area contributed by atoms with Gasteiger partial charge in [0.2, 0.25) is 0 Å². The van der Waals surface area contributed by atoms with E-state index in [1.165, 1.54) is 46.9 Å². The molecule has 1 saturated heterocycles. The van der Waals surface area contributed by atoms with Crippen molar-refractivity contribution in [3.05, 3.63) is 77.5 Å². The van der Waals surface area contributed by atoms with Gasteiger partial charge in [0.15, 0.2) is 0 Å². The highest BCUT2D eigenvalue weighted by Crippen LogP contribution is 2.31. The Labute approximate surface area is 169 Å². The van der Waals surface area contributed by atoms with E-state index in [9.17, 15) is 0 Å². The molecule has 3 aromatic rings. The van der Waals surface area contributed by atoms with Gasteiger partial charge in [0, 0.05) is 23.1 Å². The Hall–Kier alpha value is -2.32. The molecule has 1 fully saturated rings. The largest absolute Gasteiger partial charge is 0.344 e. The molecular weight excluding hydrogens is 340 g/mol. The third-order valence-corrected chi connectivity index (χ3v) is 6.18. The Balaban J connectivity index is 1.75. The fourth-order valence-electron chi connectivity index (χ4n) is 4.65. The Morgan fingerprint density at radius 2 is 1.82 bits per heavy atom. The van der Waals surface area contributed by atoms with E-state index in [-0.39, 0.29) is 0 Å². The van der Waals surface area contributed by atoms with Gasteiger partial charge in [0.25, 0.3) is 0 Å². The summed E-state index contributed by atoms with van der Waals surface area (Å²) in [5.74, 6) is 0.785. The smallest absolute Gasteiger partial charge is 0.0485 e. The van der Waals surface area contributed by atoms with Crippen LogP contribution in [0.3, 0.4) is 0 Å². The molecule has 146 valence electrons. The zero-order valence-corrected chi connectivity index (χ0v) is 17.1. The summed E-state index contributed by atoms with van der Waals surface area (Å²) in [6.07, 6.45) is 7.83. The highest BCUT2D eigenvalue weighted by atomic mass is 15.0. The van der Waals surface area contributed by atoms with Gasteiger partial charge in [0.05, 0.1) is 0 Å². The van der Waals surface area contributed by atoms with Crippen LogP contribution in [0, 0.1) is 5.92 Å². The van der Waals surface area contributed by atoms with Crippen molar-refractivity contribution >= 4 is 17.0 Å². The summed E-state index contributed by atoms with van der Waals surface area (Å²) in [6.45, 7) is 9.66. The summed E-state index contributed by atoms with van der Waals surface area (Å²) in [4.78, 5) is 0. The monoisotopic (exact) mass is 372 g/mol. The van der Waals surface area contributed by atoms with E-state index < -0.39 is 0 Å². The molecule has 0 saturated carbocycles. The first-order valence-corrected chi connectivity index (χ1v) is 10.8. The lowest BCUT2D eigenvalue weighted by molar-refractivity contribution is 0.333. The van der Waals surface area contributed by atoms with Gasteiger partial charge < -0.3 is 9.88 Å². The molecule has 2 nitrogen and oxygen atoms in total. The Morgan fingerprint density at radius 1 is 1.07 bits per heavy atom. The molecule has 0 amide bonds. The first-order valence-electron chi connectivity index (χ1n) is 10.8. The van der Waals surface area contributed by atoms with Crippen LogP contribution in [0.5, 0.6) is 0 Å². The fraction of sp³-hybridized carbons (Fsp3) is 0.385. The van der Waals surface area contributed by atoms with Gasteiger partial charge in [0.1, 0.15) is 0 Å². The molecular formula is C26H32N2. The summed E-state index contributed by atoms with van der Waals surface area (Å²) in [5.41, 5.74) is 7.06. The van der Waals surface area contributed by atoms with Crippen LogP contribution in [-0.4, -0.2) is 17.7 Å². The van der Waals surface area contributed by atoms with Gasteiger partial charge >= 0.3 is 0 Å². The minimum atomic E-state index is 0.785. The van der Waals surface area contributed by atoms with Crippen LogP contribution in [0.2, 0.25) is 0 Å². The number of piperidine rings is 1. The second-order valence-electron chi connectivity index (χ2n) is 8.12. The normalized spacial score (nSPS) is 15.2. The summed E-state index contributed by atoms with van der Waals surface area (Å²) < 4.78 is 2.66. The van der Waals surface area contributed by atoms with Crippen LogP contribution in [0.15, 0.2) is 55.1 Å². The van der Waals surface area contributed by atoms with Crippen LogP contribution < -0.4 is 5.32 Å². The Morgan fingerprint density at radius 3 is 2.54 bits per heavy atom. The maximum absolute atomic E-state index is 3.87. The van der Waals surface area contributed by atoms with Crippen molar-refractivity contribution in [2.24, 2.45) is 5.92 Å². The van der Waals surface area contributed by atoms with Crippen molar-refractivity contribution in [1.29, 1.82) is 0 Å². The zero-order valence-electron chi connectivity index (χ0n) is 17.1. The Kier molecular flexibility index (Phi) is 5.97. The summed E-state index contributed by atoms with van der Waals surface area (Å²) in [5, 5.41) is 4.95. The molecule has 0 radical (unpaired) electrons. The number of hydrogen-bond donors (Lipinski definition) is 1. The molecule has 0 spiro atoms. The zero-order chi connectivity index (χ0) is 19.3. The first-order chi connectivity index (χ1) is 13.8. The van der Waals surface area contributed by atoms with E-state index in [1.54, 1.807) is 5.69 Å². The van der Waals surface area contributed by atoms with Crippen LogP contribution in [0.25, 0.3) is 17.0 Å². The quantitative estimate of drug-likeness (QED) is 0.552. The molecule has 1 aliphatic rings. The molecule has 0 aliphatic carbocycles. The predicted octanol–water partition coefficient (Wildman–Crippen LogP) is 5.83. The van der Waals surface area contributed by atoms with Crippen LogP contribution in [0.1, 0.15) is 48.6 Å². The average molecular weight is 373 g/mol. The van der Waals surface area contributed by atoms with E-state index >= 15 is 0 Å². The van der Waals surface area contributed by atoms with Crippen molar-refractivity contribution in [2.75, 3.05) is 13.1 Å². The third-order valence-electron chi connectivity index (χ3n) is 6.18. The molecule has 0 atom stereocenters. The molecule has 1 aliphatic heterocycles.